The Morgan fingerprint density at radius 2 is 1.93 bits per heavy atom. The number of benzene rings is 2. The van der Waals surface area contributed by atoms with Crippen molar-refractivity contribution < 1.29 is 14.1 Å². The van der Waals surface area contributed by atoms with Gasteiger partial charge in [0.2, 0.25) is 17.6 Å². The molecule has 6 heteroatoms. The van der Waals surface area contributed by atoms with Crippen molar-refractivity contribution in [1.82, 2.24) is 15.5 Å². The van der Waals surface area contributed by atoms with Crippen LogP contribution in [0.3, 0.4) is 0 Å². The molecule has 27 heavy (non-hydrogen) atoms. The molecule has 1 aliphatic rings. The first-order valence-corrected chi connectivity index (χ1v) is 9.04. The first kappa shape index (κ1) is 17.3. The minimum atomic E-state index is -0.116. The number of ether oxygens (including phenoxy) is 1. The van der Waals surface area contributed by atoms with Crippen molar-refractivity contribution in [3.63, 3.8) is 0 Å². The number of amides is 1. The average molecular weight is 363 g/mol. The van der Waals surface area contributed by atoms with E-state index in [1.165, 1.54) is 0 Å². The smallest absolute Gasteiger partial charge is 0.246 e. The standard InChI is InChI=1S/C21H21N3O3/c1-26-17-11-9-16(10-12-17)20-23-18(27-24-20)13-22-21(25)19(15-7-8-15)14-5-3-2-4-6-14/h2-6,9-12,15,19H,7-8,13H2,1H3,(H,22,25). The monoisotopic (exact) mass is 363 g/mol. The zero-order chi connectivity index (χ0) is 18.6. The predicted molar refractivity (Wildman–Crippen MR) is 100 cm³/mol. The van der Waals surface area contributed by atoms with E-state index in [1.807, 2.05) is 54.6 Å². The van der Waals surface area contributed by atoms with Gasteiger partial charge in [0.1, 0.15) is 5.75 Å². The van der Waals surface area contributed by atoms with Gasteiger partial charge in [-0.1, -0.05) is 35.5 Å². The number of nitrogens with zero attached hydrogens (tertiary/aromatic N) is 2. The average Bonchev–Trinajstić information content (AvgIpc) is 3.43. The lowest BCUT2D eigenvalue weighted by molar-refractivity contribution is -0.123. The second-order valence-corrected chi connectivity index (χ2v) is 6.68. The molecule has 1 aliphatic carbocycles. The summed E-state index contributed by atoms with van der Waals surface area (Å²) in [5.41, 5.74) is 1.89. The highest BCUT2D eigenvalue weighted by Gasteiger charge is 2.37. The van der Waals surface area contributed by atoms with Gasteiger partial charge in [-0.3, -0.25) is 4.79 Å². The Morgan fingerprint density at radius 3 is 2.59 bits per heavy atom. The maximum Gasteiger partial charge on any atom is 0.246 e. The lowest BCUT2D eigenvalue weighted by Gasteiger charge is -2.15. The maximum atomic E-state index is 12.7. The van der Waals surface area contributed by atoms with E-state index >= 15 is 0 Å². The highest BCUT2D eigenvalue weighted by Crippen LogP contribution is 2.42. The van der Waals surface area contributed by atoms with Crippen LogP contribution in [0.4, 0.5) is 0 Å². The number of rotatable bonds is 7. The van der Waals surface area contributed by atoms with Gasteiger partial charge in [0, 0.05) is 5.56 Å². The fraction of sp³-hybridized carbons (Fsp3) is 0.286. The number of aromatic nitrogens is 2. The molecule has 0 bridgehead atoms. The summed E-state index contributed by atoms with van der Waals surface area (Å²) in [5.74, 6) is 1.95. The molecule has 138 valence electrons. The zero-order valence-corrected chi connectivity index (χ0v) is 15.1. The quantitative estimate of drug-likeness (QED) is 0.694. The summed E-state index contributed by atoms with van der Waals surface area (Å²) >= 11 is 0. The largest absolute Gasteiger partial charge is 0.497 e. The van der Waals surface area contributed by atoms with E-state index in [0.717, 1.165) is 29.7 Å². The van der Waals surface area contributed by atoms with Crippen LogP contribution in [0.2, 0.25) is 0 Å². The fourth-order valence-electron chi connectivity index (χ4n) is 3.18. The van der Waals surface area contributed by atoms with E-state index in [9.17, 15) is 4.79 Å². The molecule has 0 saturated heterocycles. The van der Waals surface area contributed by atoms with Gasteiger partial charge in [0.25, 0.3) is 0 Å². The third-order valence-corrected chi connectivity index (χ3v) is 4.76. The first-order chi connectivity index (χ1) is 13.2. The molecule has 1 unspecified atom stereocenters. The van der Waals surface area contributed by atoms with Crippen molar-refractivity contribution >= 4 is 5.91 Å². The third kappa shape index (κ3) is 4.00. The Labute approximate surface area is 157 Å². The summed E-state index contributed by atoms with van der Waals surface area (Å²) < 4.78 is 10.4. The molecule has 1 atom stereocenters. The molecule has 6 nitrogen and oxygen atoms in total. The number of hydrogen-bond acceptors (Lipinski definition) is 5. The van der Waals surface area contributed by atoms with Crippen LogP contribution in [0.1, 0.15) is 30.2 Å². The van der Waals surface area contributed by atoms with Gasteiger partial charge in [-0.05, 0) is 48.6 Å². The van der Waals surface area contributed by atoms with Crippen LogP contribution in [0.5, 0.6) is 5.75 Å². The molecule has 1 aromatic heterocycles. The number of nitrogens with one attached hydrogen (secondary N) is 1. The normalized spacial score (nSPS) is 14.6. The van der Waals surface area contributed by atoms with Crippen molar-refractivity contribution in [3.8, 4) is 17.1 Å². The van der Waals surface area contributed by atoms with Gasteiger partial charge < -0.3 is 14.6 Å². The highest BCUT2D eigenvalue weighted by molar-refractivity contribution is 5.84. The van der Waals surface area contributed by atoms with Crippen LogP contribution in [0.25, 0.3) is 11.4 Å². The van der Waals surface area contributed by atoms with Crippen molar-refractivity contribution in [2.24, 2.45) is 5.92 Å². The molecule has 0 radical (unpaired) electrons. The number of hydrogen-bond donors (Lipinski definition) is 1. The summed E-state index contributed by atoms with van der Waals surface area (Å²) in [6, 6.07) is 17.3. The minimum Gasteiger partial charge on any atom is -0.497 e. The molecule has 1 N–H and O–H groups in total. The molecule has 1 saturated carbocycles. The van der Waals surface area contributed by atoms with Gasteiger partial charge in [-0.25, -0.2) is 0 Å². The summed E-state index contributed by atoms with van der Waals surface area (Å²) in [4.78, 5) is 17.1. The Bertz CT molecular complexity index is 902. The van der Waals surface area contributed by atoms with Crippen molar-refractivity contribution in [2.45, 2.75) is 25.3 Å². The Morgan fingerprint density at radius 1 is 1.19 bits per heavy atom. The molecular weight excluding hydrogens is 342 g/mol. The van der Waals surface area contributed by atoms with Gasteiger partial charge in [0.05, 0.1) is 19.6 Å². The third-order valence-electron chi connectivity index (χ3n) is 4.76. The second-order valence-electron chi connectivity index (χ2n) is 6.68. The molecule has 4 rings (SSSR count). The van der Waals surface area contributed by atoms with Crippen molar-refractivity contribution in [1.29, 1.82) is 0 Å². The second kappa shape index (κ2) is 7.61. The van der Waals surface area contributed by atoms with E-state index < -0.39 is 0 Å². The summed E-state index contributed by atoms with van der Waals surface area (Å²) in [5, 5.41) is 6.94. The van der Waals surface area contributed by atoms with E-state index in [1.54, 1.807) is 7.11 Å². The SMILES string of the molecule is COc1ccc(-c2noc(CNC(=O)C(c3ccccc3)C3CC3)n2)cc1. The van der Waals surface area contributed by atoms with Crippen LogP contribution in [-0.2, 0) is 11.3 Å². The molecule has 3 aromatic rings. The van der Waals surface area contributed by atoms with Gasteiger partial charge in [-0.15, -0.1) is 0 Å². The fourth-order valence-corrected chi connectivity index (χ4v) is 3.18. The molecule has 1 heterocycles. The van der Waals surface area contributed by atoms with Gasteiger partial charge in [-0.2, -0.15) is 4.98 Å². The molecule has 2 aromatic carbocycles. The maximum absolute atomic E-state index is 12.7. The summed E-state index contributed by atoms with van der Waals surface area (Å²) in [7, 11) is 1.62. The highest BCUT2D eigenvalue weighted by atomic mass is 16.5. The Kier molecular flexibility index (Phi) is 4.87. The minimum absolute atomic E-state index is 0.00731. The summed E-state index contributed by atoms with van der Waals surface area (Å²) in [6.45, 7) is 0.220. The predicted octanol–water partition coefficient (Wildman–Crippen LogP) is 3.56. The van der Waals surface area contributed by atoms with Crippen LogP contribution in [-0.4, -0.2) is 23.2 Å². The molecule has 0 aliphatic heterocycles. The van der Waals surface area contributed by atoms with E-state index in [-0.39, 0.29) is 18.4 Å². The lowest BCUT2D eigenvalue weighted by Crippen LogP contribution is -2.30. The number of methoxy groups -OCH3 is 1. The molecule has 1 fully saturated rings. The lowest BCUT2D eigenvalue weighted by atomic mass is 9.93. The Hall–Kier alpha value is -3.15. The van der Waals surface area contributed by atoms with Crippen molar-refractivity contribution in [3.05, 3.63) is 66.1 Å². The molecule has 1 amide bonds. The topological polar surface area (TPSA) is 77.3 Å². The van der Waals surface area contributed by atoms with Gasteiger partial charge >= 0.3 is 0 Å². The Balaban J connectivity index is 1.41. The van der Waals surface area contributed by atoms with E-state index in [0.29, 0.717) is 17.6 Å². The number of carbonyl (C=O) groups is 1. The first-order valence-electron chi connectivity index (χ1n) is 9.04. The zero-order valence-electron chi connectivity index (χ0n) is 15.1. The molecular formula is C21H21N3O3. The van der Waals surface area contributed by atoms with Gasteiger partial charge in [0.15, 0.2) is 0 Å². The van der Waals surface area contributed by atoms with Crippen LogP contribution < -0.4 is 10.1 Å². The van der Waals surface area contributed by atoms with Crippen LogP contribution in [0, 0.1) is 5.92 Å². The van der Waals surface area contributed by atoms with Crippen molar-refractivity contribution in [2.75, 3.05) is 7.11 Å². The number of carbonyl (C=O) groups excluding carboxylic acids is 1. The summed E-state index contributed by atoms with van der Waals surface area (Å²) in [6.07, 6.45) is 2.18. The van der Waals surface area contributed by atoms with E-state index in [4.69, 9.17) is 9.26 Å². The van der Waals surface area contributed by atoms with Crippen LogP contribution in [0.15, 0.2) is 59.1 Å². The van der Waals surface area contributed by atoms with Crippen LogP contribution >= 0.6 is 0 Å². The van der Waals surface area contributed by atoms with E-state index in [2.05, 4.69) is 15.5 Å². The molecule has 0 spiro atoms.